The lowest BCUT2D eigenvalue weighted by molar-refractivity contribution is 0.741. The third-order valence-electron chi connectivity index (χ3n) is 3.00. The lowest BCUT2D eigenvalue weighted by atomic mass is 10.2. The van der Waals surface area contributed by atoms with Gasteiger partial charge in [0.2, 0.25) is 0 Å². The first-order valence-corrected chi connectivity index (χ1v) is 7.15. The number of hydrogen-bond donors (Lipinski definition) is 1. The molecule has 1 aromatic heterocycles. The summed E-state index contributed by atoms with van der Waals surface area (Å²) in [5.74, 6) is 0.934. The first-order valence-electron chi connectivity index (χ1n) is 5.92. The molecule has 5 heteroatoms. The van der Waals surface area contributed by atoms with E-state index in [1.807, 2.05) is 12.5 Å². The van der Waals surface area contributed by atoms with Crippen LogP contribution < -0.4 is 5.32 Å². The van der Waals surface area contributed by atoms with Crippen LogP contribution in [0.4, 0.5) is 5.82 Å². The van der Waals surface area contributed by atoms with Crippen LogP contribution in [0.15, 0.2) is 16.3 Å². The highest BCUT2D eigenvalue weighted by Crippen LogP contribution is 2.24. The molecular formula is C12H18N4S. The van der Waals surface area contributed by atoms with Crippen LogP contribution >= 0.6 is 11.8 Å². The molecule has 1 fully saturated rings. The molecule has 0 bridgehead atoms. The van der Waals surface area contributed by atoms with Gasteiger partial charge in [0.25, 0.3) is 0 Å². The number of hydrogen-bond acceptors (Lipinski definition) is 5. The fraction of sp³-hybridized carbons (Fsp3) is 0.583. The van der Waals surface area contributed by atoms with E-state index < -0.39 is 0 Å². The van der Waals surface area contributed by atoms with E-state index in [-0.39, 0.29) is 0 Å². The normalized spacial score (nSPS) is 16.1. The monoisotopic (exact) mass is 250 g/mol. The SMILES string of the molecule is C=NCc1cnc(SC)nc1NC1CCCC1. The number of anilines is 1. The molecule has 2 rings (SSSR count). The second-order valence-electron chi connectivity index (χ2n) is 4.24. The second-order valence-corrected chi connectivity index (χ2v) is 5.01. The minimum absolute atomic E-state index is 0.558. The Morgan fingerprint density at radius 2 is 2.29 bits per heavy atom. The summed E-state index contributed by atoms with van der Waals surface area (Å²) in [7, 11) is 0. The van der Waals surface area contributed by atoms with Gasteiger partial charge in [0, 0.05) is 17.8 Å². The minimum Gasteiger partial charge on any atom is -0.367 e. The van der Waals surface area contributed by atoms with Crippen LogP contribution in [-0.2, 0) is 6.54 Å². The van der Waals surface area contributed by atoms with Gasteiger partial charge in [0.1, 0.15) is 5.82 Å². The Bertz CT molecular complexity index is 388. The second kappa shape index (κ2) is 6.00. The third kappa shape index (κ3) is 3.19. The molecule has 0 unspecified atom stereocenters. The topological polar surface area (TPSA) is 50.2 Å². The minimum atomic E-state index is 0.558. The van der Waals surface area contributed by atoms with Gasteiger partial charge in [-0.05, 0) is 25.8 Å². The van der Waals surface area contributed by atoms with Gasteiger partial charge in [-0.3, -0.25) is 4.99 Å². The molecule has 4 nitrogen and oxygen atoms in total. The number of nitrogens with one attached hydrogen (secondary N) is 1. The standard InChI is InChI=1S/C12H18N4S/c1-13-7-9-8-14-12(17-2)16-11(9)15-10-5-3-4-6-10/h8,10H,1,3-7H2,2H3,(H,14,15,16). The molecule has 17 heavy (non-hydrogen) atoms. The molecule has 0 saturated heterocycles. The van der Waals surface area contributed by atoms with Gasteiger partial charge in [-0.1, -0.05) is 24.6 Å². The van der Waals surface area contributed by atoms with Crippen LogP contribution in [-0.4, -0.2) is 29.0 Å². The van der Waals surface area contributed by atoms with E-state index in [1.165, 1.54) is 25.7 Å². The van der Waals surface area contributed by atoms with Crippen molar-refractivity contribution in [2.45, 2.75) is 43.4 Å². The molecule has 1 N–H and O–H groups in total. The maximum absolute atomic E-state index is 4.53. The summed E-state index contributed by atoms with van der Waals surface area (Å²) in [6.07, 6.45) is 8.93. The van der Waals surface area contributed by atoms with Crippen LogP contribution in [0.5, 0.6) is 0 Å². The molecule has 0 amide bonds. The molecule has 0 spiro atoms. The molecule has 1 saturated carbocycles. The van der Waals surface area contributed by atoms with E-state index >= 15 is 0 Å². The average Bonchev–Trinajstić information content (AvgIpc) is 2.84. The Hall–Kier alpha value is -1.10. The van der Waals surface area contributed by atoms with Crippen molar-refractivity contribution in [1.29, 1.82) is 0 Å². The molecule has 0 aliphatic heterocycles. The van der Waals surface area contributed by atoms with Crippen LogP contribution in [0.1, 0.15) is 31.2 Å². The molecule has 1 aromatic rings. The Morgan fingerprint density at radius 1 is 1.53 bits per heavy atom. The Labute approximate surface area is 106 Å². The Balaban J connectivity index is 2.17. The van der Waals surface area contributed by atoms with Crippen molar-refractivity contribution in [3.8, 4) is 0 Å². The van der Waals surface area contributed by atoms with Crippen molar-refractivity contribution < 1.29 is 0 Å². The maximum atomic E-state index is 4.53. The summed E-state index contributed by atoms with van der Waals surface area (Å²) < 4.78 is 0. The molecule has 0 aromatic carbocycles. The predicted octanol–water partition coefficient (Wildman–Crippen LogP) is 2.75. The van der Waals surface area contributed by atoms with Gasteiger partial charge >= 0.3 is 0 Å². The van der Waals surface area contributed by atoms with Crippen LogP contribution in [0, 0.1) is 0 Å². The van der Waals surface area contributed by atoms with Crippen molar-refractivity contribution in [3.05, 3.63) is 11.8 Å². The van der Waals surface area contributed by atoms with Gasteiger partial charge in [0.05, 0.1) is 6.54 Å². The van der Waals surface area contributed by atoms with E-state index in [9.17, 15) is 0 Å². The quantitative estimate of drug-likeness (QED) is 0.496. The fourth-order valence-electron chi connectivity index (χ4n) is 2.11. The first-order chi connectivity index (χ1) is 8.33. The third-order valence-corrected chi connectivity index (χ3v) is 3.57. The zero-order chi connectivity index (χ0) is 12.1. The molecule has 0 radical (unpaired) electrons. The summed E-state index contributed by atoms with van der Waals surface area (Å²) in [4.78, 5) is 12.7. The summed E-state index contributed by atoms with van der Waals surface area (Å²) in [5, 5.41) is 4.32. The Kier molecular flexibility index (Phi) is 4.36. The van der Waals surface area contributed by atoms with E-state index in [2.05, 4.69) is 27.0 Å². The molecule has 1 heterocycles. The summed E-state index contributed by atoms with van der Waals surface area (Å²) in [6, 6.07) is 0.558. The lowest BCUT2D eigenvalue weighted by Gasteiger charge is -2.15. The zero-order valence-electron chi connectivity index (χ0n) is 10.1. The van der Waals surface area contributed by atoms with Crippen molar-refractivity contribution >= 4 is 24.3 Å². The van der Waals surface area contributed by atoms with Crippen molar-refractivity contribution in [2.75, 3.05) is 11.6 Å². The Morgan fingerprint density at radius 3 is 2.94 bits per heavy atom. The summed E-state index contributed by atoms with van der Waals surface area (Å²) in [5.41, 5.74) is 1.03. The van der Waals surface area contributed by atoms with E-state index in [1.54, 1.807) is 11.8 Å². The smallest absolute Gasteiger partial charge is 0.189 e. The largest absolute Gasteiger partial charge is 0.367 e. The van der Waals surface area contributed by atoms with Crippen LogP contribution in [0.3, 0.4) is 0 Å². The van der Waals surface area contributed by atoms with Gasteiger partial charge in [0.15, 0.2) is 5.16 Å². The lowest BCUT2D eigenvalue weighted by Crippen LogP contribution is -2.17. The van der Waals surface area contributed by atoms with Crippen LogP contribution in [0.2, 0.25) is 0 Å². The summed E-state index contributed by atoms with van der Waals surface area (Å²) in [6.45, 7) is 4.11. The fourth-order valence-corrected chi connectivity index (χ4v) is 2.45. The van der Waals surface area contributed by atoms with E-state index in [0.717, 1.165) is 16.5 Å². The molecule has 1 aliphatic carbocycles. The van der Waals surface area contributed by atoms with Crippen molar-refractivity contribution in [3.63, 3.8) is 0 Å². The highest BCUT2D eigenvalue weighted by Gasteiger charge is 2.17. The van der Waals surface area contributed by atoms with Crippen molar-refractivity contribution in [2.24, 2.45) is 4.99 Å². The molecule has 92 valence electrons. The molecule has 0 atom stereocenters. The first kappa shape index (κ1) is 12.4. The van der Waals surface area contributed by atoms with Gasteiger partial charge in [-0.25, -0.2) is 9.97 Å². The number of nitrogens with zero attached hydrogens (tertiary/aromatic N) is 3. The van der Waals surface area contributed by atoms with Gasteiger partial charge in [-0.2, -0.15) is 0 Å². The van der Waals surface area contributed by atoms with Crippen molar-refractivity contribution in [1.82, 2.24) is 9.97 Å². The summed E-state index contributed by atoms with van der Waals surface area (Å²) >= 11 is 1.56. The number of rotatable bonds is 5. The van der Waals surface area contributed by atoms with Crippen LogP contribution in [0.25, 0.3) is 0 Å². The zero-order valence-corrected chi connectivity index (χ0v) is 11.0. The highest BCUT2D eigenvalue weighted by atomic mass is 32.2. The number of aromatic nitrogens is 2. The van der Waals surface area contributed by atoms with Gasteiger partial charge in [-0.15, -0.1) is 0 Å². The van der Waals surface area contributed by atoms with Gasteiger partial charge < -0.3 is 5.32 Å². The molecular weight excluding hydrogens is 232 g/mol. The maximum Gasteiger partial charge on any atom is 0.189 e. The number of aliphatic imine (C=N–C) groups is 1. The molecule has 1 aliphatic rings. The highest BCUT2D eigenvalue weighted by molar-refractivity contribution is 7.98. The average molecular weight is 250 g/mol. The van der Waals surface area contributed by atoms with E-state index in [4.69, 9.17) is 0 Å². The number of thioether (sulfide) groups is 1. The predicted molar refractivity (Wildman–Crippen MR) is 72.9 cm³/mol. The van der Waals surface area contributed by atoms with E-state index in [0.29, 0.717) is 12.6 Å².